The molecule has 0 bridgehead atoms. The summed E-state index contributed by atoms with van der Waals surface area (Å²) in [6, 6.07) is 4.90. The highest BCUT2D eigenvalue weighted by Crippen LogP contribution is 2.32. The van der Waals surface area contributed by atoms with Crippen molar-refractivity contribution in [3.05, 3.63) is 23.4 Å². The molecule has 0 unspecified atom stereocenters. The number of rotatable bonds is 3. The third-order valence-corrected chi connectivity index (χ3v) is 3.35. The molecule has 1 amide bonds. The van der Waals surface area contributed by atoms with E-state index in [1.54, 1.807) is 18.2 Å². The summed E-state index contributed by atoms with van der Waals surface area (Å²) in [4.78, 5) is 26.9. The first kappa shape index (κ1) is 12.8. The van der Waals surface area contributed by atoms with Crippen molar-refractivity contribution < 1.29 is 14.7 Å². The van der Waals surface area contributed by atoms with Crippen LogP contribution in [0.5, 0.6) is 0 Å². The van der Waals surface area contributed by atoms with Crippen LogP contribution in [0.3, 0.4) is 0 Å². The van der Waals surface area contributed by atoms with Gasteiger partial charge >= 0.3 is 5.97 Å². The van der Waals surface area contributed by atoms with Crippen molar-refractivity contribution >= 4 is 29.3 Å². The minimum absolute atomic E-state index is 0.286. The molecule has 1 heterocycles. The molecule has 2 rings (SSSR count). The van der Waals surface area contributed by atoms with Crippen LogP contribution in [-0.4, -0.2) is 22.0 Å². The molecule has 0 aliphatic heterocycles. The third kappa shape index (κ3) is 2.79. The van der Waals surface area contributed by atoms with E-state index in [0.29, 0.717) is 18.7 Å². The smallest absolute Gasteiger partial charge is 0.307 e. The van der Waals surface area contributed by atoms with Gasteiger partial charge in [-0.2, -0.15) is 0 Å². The molecule has 0 saturated heterocycles. The van der Waals surface area contributed by atoms with Crippen molar-refractivity contribution in [1.29, 1.82) is 0 Å². The predicted octanol–water partition coefficient (Wildman–Crippen LogP) is 2.17. The lowest BCUT2D eigenvalue weighted by atomic mass is 9.95. The first-order valence-electron chi connectivity index (χ1n) is 5.74. The Morgan fingerprint density at radius 3 is 2.72 bits per heavy atom. The number of carbonyl (C=O) groups excluding carboxylic acids is 1. The van der Waals surface area contributed by atoms with Gasteiger partial charge < -0.3 is 10.4 Å². The third-order valence-electron chi connectivity index (χ3n) is 3.14. The lowest BCUT2D eigenvalue weighted by molar-refractivity contribution is -0.145. The molecule has 1 fully saturated rings. The van der Waals surface area contributed by atoms with Gasteiger partial charge in [0.05, 0.1) is 11.8 Å². The number of halogens is 1. The zero-order valence-electron chi connectivity index (χ0n) is 9.60. The number of carboxylic acids is 1. The van der Waals surface area contributed by atoms with Gasteiger partial charge in [0, 0.05) is 0 Å². The van der Waals surface area contributed by atoms with Crippen LogP contribution in [-0.2, 0) is 9.59 Å². The van der Waals surface area contributed by atoms with Gasteiger partial charge in [-0.25, -0.2) is 4.98 Å². The summed E-state index contributed by atoms with van der Waals surface area (Å²) < 4.78 is 0. The largest absolute Gasteiger partial charge is 0.481 e. The molecule has 0 aromatic carbocycles. The fourth-order valence-electron chi connectivity index (χ4n) is 2.27. The molecule has 18 heavy (non-hydrogen) atoms. The van der Waals surface area contributed by atoms with Crippen LogP contribution in [0.25, 0.3) is 0 Å². The van der Waals surface area contributed by atoms with Crippen LogP contribution in [0.1, 0.15) is 19.3 Å². The quantitative estimate of drug-likeness (QED) is 0.824. The number of carbonyl (C=O) groups is 2. The summed E-state index contributed by atoms with van der Waals surface area (Å²) in [5.74, 6) is -1.93. The highest BCUT2D eigenvalue weighted by molar-refractivity contribution is 6.29. The van der Waals surface area contributed by atoms with Gasteiger partial charge in [-0.3, -0.25) is 9.59 Å². The van der Waals surface area contributed by atoms with Crippen molar-refractivity contribution in [3.63, 3.8) is 0 Å². The molecule has 1 aliphatic rings. The maximum atomic E-state index is 12.0. The minimum atomic E-state index is -0.910. The lowest BCUT2D eigenvalue weighted by Crippen LogP contribution is -2.30. The summed E-state index contributed by atoms with van der Waals surface area (Å²) in [6.45, 7) is 0. The Morgan fingerprint density at radius 1 is 1.33 bits per heavy atom. The number of anilines is 1. The van der Waals surface area contributed by atoms with E-state index < -0.39 is 17.8 Å². The average Bonchev–Trinajstić information content (AvgIpc) is 2.77. The standard InChI is InChI=1S/C12H13ClN2O3/c13-9-5-2-6-10(14-9)15-11(16)7-3-1-4-8(7)12(17)18/h2,5-8H,1,3-4H2,(H,17,18)(H,14,15,16)/t7-,8+/m1/s1. The number of nitrogens with one attached hydrogen (secondary N) is 1. The molecular weight excluding hydrogens is 256 g/mol. The van der Waals surface area contributed by atoms with Crippen LogP contribution in [0.15, 0.2) is 18.2 Å². The van der Waals surface area contributed by atoms with Gasteiger partial charge in [0.1, 0.15) is 11.0 Å². The molecule has 0 radical (unpaired) electrons. The van der Waals surface area contributed by atoms with E-state index in [1.165, 1.54) is 0 Å². The van der Waals surface area contributed by atoms with E-state index in [-0.39, 0.29) is 11.1 Å². The normalized spacial score (nSPS) is 22.7. The van der Waals surface area contributed by atoms with E-state index in [4.69, 9.17) is 16.7 Å². The van der Waals surface area contributed by atoms with Gasteiger partial charge in [0.15, 0.2) is 0 Å². The molecule has 1 saturated carbocycles. The van der Waals surface area contributed by atoms with Crippen LogP contribution in [0, 0.1) is 11.8 Å². The molecule has 6 heteroatoms. The first-order valence-corrected chi connectivity index (χ1v) is 6.12. The summed E-state index contributed by atoms with van der Waals surface area (Å²) in [5.41, 5.74) is 0. The molecule has 0 spiro atoms. The van der Waals surface area contributed by atoms with Crippen LogP contribution >= 0.6 is 11.6 Å². The monoisotopic (exact) mass is 268 g/mol. The van der Waals surface area contributed by atoms with E-state index in [1.807, 2.05) is 0 Å². The van der Waals surface area contributed by atoms with Gasteiger partial charge in [-0.05, 0) is 25.0 Å². The fraction of sp³-hybridized carbons (Fsp3) is 0.417. The van der Waals surface area contributed by atoms with Gasteiger partial charge in [0.25, 0.3) is 0 Å². The maximum Gasteiger partial charge on any atom is 0.307 e. The van der Waals surface area contributed by atoms with Crippen molar-refractivity contribution in [2.45, 2.75) is 19.3 Å². The Bertz CT molecular complexity index is 478. The molecule has 5 nitrogen and oxygen atoms in total. The summed E-state index contributed by atoms with van der Waals surface area (Å²) in [6.07, 6.45) is 1.91. The number of hydrogen-bond acceptors (Lipinski definition) is 3. The van der Waals surface area contributed by atoms with E-state index >= 15 is 0 Å². The van der Waals surface area contributed by atoms with Crippen molar-refractivity contribution in [3.8, 4) is 0 Å². The number of hydrogen-bond donors (Lipinski definition) is 2. The fourth-order valence-corrected chi connectivity index (χ4v) is 2.43. The van der Waals surface area contributed by atoms with Gasteiger partial charge in [-0.1, -0.05) is 24.1 Å². The zero-order chi connectivity index (χ0) is 13.1. The summed E-state index contributed by atoms with van der Waals surface area (Å²) in [5, 5.41) is 11.9. The highest BCUT2D eigenvalue weighted by Gasteiger charge is 2.37. The van der Waals surface area contributed by atoms with Crippen LogP contribution in [0.4, 0.5) is 5.82 Å². The Morgan fingerprint density at radius 2 is 2.06 bits per heavy atom. The van der Waals surface area contributed by atoms with Crippen molar-refractivity contribution in [1.82, 2.24) is 4.98 Å². The zero-order valence-corrected chi connectivity index (χ0v) is 10.4. The number of pyridine rings is 1. The highest BCUT2D eigenvalue weighted by atomic mass is 35.5. The second kappa shape index (κ2) is 5.35. The number of nitrogens with zero attached hydrogens (tertiary/aromatic N) is 1. The topological polar surface area (TPSA) is 79.3 Å². The Hall–Kier alpha value is -1.62. The van der Waals surface area contributed by atoms with E-state index in [0.717, 1.165) is 6.42 Å². The molecule has 1 aromatic rings. The Kier molecular flexibility index (Phi) is 3.81. The molecule has 1 aromatic heterocycles. The lowest BCUT2D eigenvalue weighted by Gasteiger charge is -2.15. The first-order chi connectivity index (χ1) is 8.58. The molecule has 96 valence electrons. The number of amides is 1. The average molecular weight is 269 g/mol. The SMILES string of the molecule is O=C(O)[C@H]1CCC[C@H]1C(=O)Nc1cccc(Cl)n1. The predicted molar refractivity (Wildman–Crippen MR) is 66.3 cm³/mol. The minimum Gasteiger partial charge on any atom is -0.481 e. The van der Waals surface area contributed by atoms with Crippen molar-refractivity contribution in [2.24, 2.45) is 11.8 Å². The molecule has 2 atom stereocenters. The van der Waals surface area contributed by atoms with E-state index in [9.17, 15) is 9.59 Å². The maximum absolute atomic E-state index is 12.0. The summed E-state index contributed by atoms with van der Waals surface area (Å²) in [7, 11) is 0. The molecular formula is C12H13ClN2O3. The van der Waals surface area contributed by atoms with Crippen molar-refractivity contribution in [2.75, 3.05) is 5.32 Å². The van der Waals surface area contributed by atoms with Gasteiger partial charge in [-0.15, -0.1) is 0 Å². The number of aliphatic carboxylic acids is 1. The van der Waals surface area contributed by atoms with Crippen LogP contribution in [0.2, 0.25) is 5.15 Å². The second-order valence-corrected chi connectivity index (χ2v) is 4.70. The molecule has 1 aliphatic carbocycles. The summed E-state index contributed by atoms with van der Waals surface area (Å²) >= 11 is 5.71. The number of aromatic nitrogens is 1. The Labute approximate surface area is 109 Å². The van der Waals surface area contributed by atoms with Gasteiger partial charge in [0.2, 0.25) is 5.91 Å². The Balaban J connectivity index is 2.06. The van der Waals surface area contributed by atoms with E-state index in [2.05, 4.69) is 10.3 Å². The van der Waals surface area contributed by atoms with Crippen LogP contribution < -0.4 is 5.32 Å². The molecule has 2 N–H and O–H groups in total. The second-order valence-electron chi connectivity index (χ2n) is 4.32. The number of carboxylic acid groups (broad SMARTS) is 1.